The van der Waals surface area contributed by atoms with Crippen LogP contribution in [0.1, 0.15) is 30.7 Å². The van der Waals surface area contributed by atoms with Gasteiger partial charge >= 0.3 is 0 Å². The second-order valence-electron chi connectivity index (χ2n) is 5.83. The van der Waals surface area contributed by atoms with Crippen molar-refractivity contribution in [2.24, 2.45) is 5.73 Å². The molecular weight excluding hydrogens is 316 g/mol. The fourth-order valence-corrected chi connectivity index (χ4v) is 2.61. The van der Waals surface area contributed by atoms with Crippen LogP contribution in [0, 0.1) is 6.92 Å². The van der Waals surface area contributed by atoms with Crippen LogP contribution in [0.4, 0.5) is 0 Å². The fraction of sp³-hybridized carbons (Fsp3) is 0.312. The number of hydrogen-bond acceptors (Lipinski definition) is 6. The molecular formula is C16H17ClN4O2. The van der Waals surface area contributed by atoms with Crippen LogP contribution < -0.4 is 5.73 Å². The smallest absolute Gasteiger partial charge is 0.280 e. The van der Waals surface area contributed by atoms with Crippen molar-refractivity contribution in [1.29, 1.82) is 0 Å². The summed E-state index contributed by atoms with van der Waals surface area (Å²) >= 11 is 0. The summed E-state index contributed by atoms with van der Waals surface area (Å²) in [5.41, 5.74) is 8.43. The minimum Gasteiger partial charge on any atom is -0.443 e. The molecule has 1 saturated carbocycles. The van der Waals surface area contributed by atoms with Crippen molar-refractivity contribution in [3.05, 3.63) is 42.0 Å². The van der Waals surface area contributed by atoms with Crippen LogP contribution in [-0.2, 0) is 5.54 Å². The van der Waals surface area contributed by atoms with Crippen LogP contribution >= 0.6 is 12.4 Å². The highest BCUT2D eigenvalue weighted by molar-refractivity contribution is 5.85. The first-order chi connectivity index (χ1) is 10.7. The second kappa shape index (κ2) is 5.79. The Hall–Kier alpha value is -2.18. The topological polar surface area (TPSA) is 91.0 Å². The zero-order chi connectivity index (χ0) is 15.2. The van der Waals surface area contributed by atoms with Gasteiger partial charge in [0.25, 0.3) is 5.89 Å². The number of oxazole rings is 1. The Morgan fingerprint density at radius 3 is 2.57 bits per heavy atom. The monoisotopic (exact) mass is 332 g/mol. The minimum absolute atomic E-state index is 0. The van der Waals surface area contributed by atoms with Crippen molar-refractivity contribution in [2.75, 3.05) is 0 Å². The zero-order valence-corrected chi connectivity index (χ0v) is 13.5. The van der Waals surface area contributed by atoms with E-state index in [0.29, 0.717) is 23.2 Å². The minimum atomic E-state index is -0.449. The van der Waals surface area contributed by atoms with Gasteiger partial charge in [-0.25, -0.2) is 4.98 Å². The normalized spacial score (nSPS) is 15.7. The van der Waals surface area contributed by atoms with E-state index in [9.17, 15) is 0 Å². The summed E-state index contributed by atoms with van der Waals surface area (Å²) in [5.74, 6) is 1.51. The molecule has 3 aromatic rings. The Morgan fingerprint density at radius 2 is 1.91 bits per heavy atom. The third kappa shape index (κ3) is 2.64. The average molecular weight is 333 g/mol. The van der Waals surface area contributed by atoms with E-state index in [4.69, 9.17) is 14.7 Å². The number of rotatable bonds is 3. The largest absolute Gasteiger partial charge is 0.443 e. The molecule has 0 spiro atoms. The zero-order valence-electron chi connectivity index (χ0n) is 12.7. The Kier molecular flexibility index (Phi) is 3.95. The molecule has 2 aromatic heterocycles. The van der Waals surface area contributed by atoms with Gasteiger partial charge in [0.1, 0.15) is 0 Å². The van der Waals surface area contributed by atoms with Crippen molar-refractivity contribution in [3.63, 3.8) is 0 Å². The molecule has 0 saturated heterocycles. The molecule has 0 unspecified atom stereocenters. The molecule has 0 radical (unpaired) electrons. The van der Waals surface area contributed by atoms with Crippen molar-refractivity contribution in [3.8, 4) is 22.9 Å². The van der Waals surface area contributed by atoms with Gasteiger partial charge in [-0.1, -0.05) is 35.0 Å². The number of aryl methyl sites for hydroxylation is 1. The average Bonchev–Trinajstić information content (AvgIpc) is 3.14. The SMILES string of the molecule is Cc1ccc(-c2ocnc2-c2nc(C3(N)CCC3)no2)cc1.Cl. The quantitative estimate of drug-likeness (QED) is 0.789. The summed E-state index contributed by atoms with van der Waals surface area (Å²) in [4.78, 5) is 8.65. The third-order valence-corrected chi connectivity index (χ3v) is 4.20. The number of nitrogens with zero attached hydrogens (tertiary/aromatic N) is 3. The molecule has 0 bridgehead atoms. The molecule has 23 heavy (non-hydrogen) atoms. The summed E-state index contributed by atoms with van der Waals surface area (Å²) in [6, 6.07) is 7.99. The first-order valence-electron chi connectivity index (χ1n) is 7.30. The molecule has 1 aliphatic rings. The lowest BCUT2D eigenvalue weighted by Gasteiger charge is -2.34. The Labute approximate surface area is 139 Å². The van der Waals surface area contributed by atoms with Gasteiger partial charge in [-0.2, -0.15) is 4.98 Å². The van der Waals surface area contributed by atoms with Crippen LogP contribution in [0.25, 0.3) is 22.9 Å². The first kappa shape index (κ1) is 15.7. The van der Waals surface area contributed by atoms with Gasteiger partial charge in [0.05, 0.1) is 5.54 Å². The molecule has 0 amide bonds. The van der Waals surface area contributed by atoms with E-state index < -0.39 is 5.54 Å². The predicted molar refractivity (Wildman–Crippen MR) is 86.9 cm³/mol. The van der Waals surface area contributed by atoms with Gasteiger partial charge < -0.3 is 14.7 Å². The first-order valence-corrected chi connectivity index (χ1v) is 7.30. The number of halogens is 1. The van der Waals surface area contributed by atoms with Crippen molar-refractivity contribution < 1.29 is 8.94 Å². The summed E-state index contributed by atoms with van der Waals surface area (Å²) < 4.78 is 10.9. The van der Waals surface area contributed by atoms with E-state index in [2.05, 4.69) is 15.1 Å². The van der Waals surface area contributed by atoms with Gasteiger partial charge in [-0.3, -0.25) is 0 Å². The standard InChI is InChI=1S/C16H16N4O2.ClH/c1-10-3-5-11(6-4-10)13-12(18-9-21-13)14-19-15(20-22-14)16(17)7-2-8-16;/h3-6,9H,2,7-8,17H2,1H3;1H. The lowest BCUT2D eigenvalue weighted by molar-refractivity contribution is 0.229. The molecule has 1 aromatic carbocycles. The van der Waals surface area contributed by atoms with Crippen molar-refractivity contribution in [1.82, 2.24) is 15.1 Å². The highest BCUT2D eigenvalue weighted by Crippen LogP contribution is 2.38. The summed E-state index contributed by atoms with van der Waals surface area (Å²) in [7, 11) is 0. The number of benzene rings is 1. The van der Waals surface area contributed by atoms with Gasteiger partial charge in [-0.15, -0.1) is 12.4 Å². The van der Waals surface area contributed by atoms with E-state index >= 15 is 0 Å². The predicted octanol–water partition coefficient (Wildman–Crippen LogP) is 3.46. The van der Waals surface area contributed by atoms with E-state index in [0.717, 1.165) is 24.8 Å². The molecule has 1 fully saturated rings. The number of hydrogen-bond donors (Lipinski definition) is 1. The van der Waals surface area contributed by atoms with Crippen LogP contribution in [0.3, 0.4) is 0 Å². The van der Waals surface area contributed by atoms with Gasteiger partial charge in [0, 0.05) is 5.56 Å². The summed E-state index contributed by atoms with van der Waals surface area (Å²) in [5, 5.41) is 4.02. The third-order valence-electron chi connectivity index (χ3n) is 4.20. The Balaban J connectivity index is 0.00000156. The second-order valence-corrected chi connectivity index (χ2v) is 5.83. The van der Waals surface area contributed by atoms with E-state index in [1.807, 2.05) is 31.2 Å². The number of aromatic nitrogens is 3. The highest BCUT2D eigenvalue weighted by Gasteiger charge is 2.39. The summed E-state index contributed by atoms with van der Waals surface area (Å²) in [6.07, 6.45) is 4.25. The maximum Gasteiger partial charge on any atom is 0.280 e. The lowest BCUT2D eigenvalue weighted by Crippen LogP contribution is -2.44. The molecule has 0 aliphatic heterocycles. The van der Waals surface area contributed by atoms with Gasteiger partial charge in [-0.05, 0) is 26.2 Å². The summed E-state index contributed by atoms with van der Waals surface area (Å²) in [6.45, 7) is 2.04. The fourth-order valence-electron chi connectivity index (χ4n) is 2.61. The van der Waals surface area contributed by atoms with Gasteiger partial charge in [0.15, 0.2) is 23.7 Å². The molecule has 7 heteroatoms. The highest BCUT2D eigenvalue weighted by atomic mass is 35.5. The van der Waals surface area contributed by atoms with E-state index in [1.165, 1.54) is 12.0 Å². The molecule has 6 nitrogen and oxygen atoms in total. The molecule has 1 aliphatic carbocycles. The maximum atomic E-state index is 6.23. The lowest BCUT2D eigenvalue weighted by atomic mass is 9.77. The van der Waals surface area contributed by atoms with Crippen LogP contribution in [-0.4, -0.2) is 15.1 Å². The number of nitrogens with two attached hydrogens (primary N) is 1. The molecule has 0 atom stereocenters. The van der Waals surface area contributed by atoms with Crippen LogP contribution in [0.2, 0.25) is 0 Å². The molecule has 120 valence electrons. The van der Waals surface area contributed by atoms with Crippen LogP contribution in [0.15, 0.2) is 39.6 Å². The maximum absolute atomic E-state index is 6.23. The van der Waals surface area contributed by atoms with Crippen molar-refractivity contribution in [2.45, 2.75) is 31.7 Å². The Bertz CT molecular complexity index is 806. The van der Waals surface area contributed by atoms with Crippen LogP contribution in [0.5, 0.6) is 0 Å². The van der Waals surface area contributed by atoms with E-state index in [-0.39, 0.29) is 12.4 Å². The van der Waals surface area contributed by atoms with Gasteiger partial charge in [0.2, 0.25) is 0 Å². The molecule has 2 heterocycles. The molecule has 2 N–H and O–H groups in total. The molecule has 4 rings (SSSR count). The van der Waals surface area contributed by atoms with Crippen molar-refractivity contribution >= 4 is 12.4 Å². The van der Waals surface area contributed by atoms with E-state index in [1.54, 1.807) is 0 Å². The Morgan fingerprint density at radius 1 is 1.17 bits per heavy atom.